The number of benzene rings is 2. The van der Waals surface area contributed by atoms with Crippen molar-refractivity contribution in [3.63, 3.8) is 0 Å². The lowest BCUT2D eigenvalue weighted by Crippen LogP contribution is -2.46. The molecule has 0 bridgehead atoms. The predicted octanol–water partition coefficient (Wildman–Crippen LogP) is 3.62. The Morgan fingerprint density at radius 1 is 1.22 bits per heavy atom. The van der Waals surface area contributed by atoms with Crippen molar-refractivity contribution in [2.45, 2.75) is 22.5 Å². The van der Waals surface area contributed by atoms with Crippen LogP contribution in [0.4, 0.5) is 5.69 Å². The second kappa shape index (κ2) is 7.56. The average Bonchev–Trinajstić information content (AvgIpc) is 3.43. The summed E-state index contributed by atoms with van der Waals surface area (Å²) in [5, 5.41) is 3.01. The van der Waals surface area contributed by atoms with Crippen LogP contribution in [0.15, 0.2) is 57.9 Å². The van der Waals surface area contributed by atoms with E-state index in [4.69, 9.17) is 4.74 Å². The van der Waals surface area contributed by atoms with Crippen LogP contribution in [0.25, 0.3) is 0 Å². The Labute approximate surface area is 170 Å². The summed E-state index contributed by atoms with van der Waals surface area (Å²) in [5.41, 5.74) is 0.629. The van der Waals surface area contributed by atoms with E-state index in [-0.39, 0.29) is 29.7 Å². The van der Waals surface area contributed by atoms with E-state index in [0.29, 0.717) is 18.0 Å². The van der Waals surface area contributed by atoms with Gasteiger partial charge in [0.25, 0.3) is 5.91 Å². The number of carbonyl (C=O) groups excluding carboxylic acids is 2. The van der Waals surface area contributed by atoms with E-state index in [1.807, 2.05) is 42.1 Å². The maximum atomic E-state index is 12.5. The standard InChI is InChI=1S/C20H19BrN2O3S/c21-14-6-7-16-17(10-14)26-12-19(25)23(16)11-18(24)22-13-20(8-9-20)27-15-4-2-1-3-5-15/h1-7,10H,8-9,11-13H2,(H,22,24). The van der Waals surface area contributed by atoms with Gasteiger partial charge in [0.15, 0.2) is 6.61 Å². The van der Waals surface area contributed by atoms with Gasteiger partial charge in [-0.05, 0) is 43.2 Å². The van der Waals surface area contributed by atoms with Crippen LogP contribution >= 0.6 is 27.7 Å². The van der Waals surface area contributed by atoms with Gasteiger partial charge in [0.2, 0.25) is 5.91 Å². The Hall–Kier alpha value is -1.99. The first-order valence-electron chi connectivity index (χ1n) is 8.78. The van der Waals surface area contributed by atoms with Crippen LogP contribution in [0.5, 0.6) is 5.75 Å². The number of nitrogens with zero attached hydrogens (tertiary/aromatic N) is 1. The van der Waals surface area contributed by atoms with Gasteiger partial charge in [-0.15, -0.1) is 11.8 Å². The fourth-order valence-electron chi connectivity index (χ4n) is 3.00. The lowest BCUT2D eigenvalue weighted by molar-refractivity contribution is -0.125. The second-order valence-electron chi connectivity index (χ2n) is 6.76. The summed E-state index contributed by atoms with van der Waals surface area (Å²) in [6.07, 6.45) is 2.17. The van der Waals surface area contributed by atoms with Gasteiger partial charge in [-0.2, -0.15) is 0 Å². The third kappa shape index (κ3) is 4.30. The molecule has 1 aliphatic heterocycles. The minimum atomic E-state index is -0.209. The number of amides is 2. The summed E-state index contributed by atoms with van der Waals surface area (Å²) in [6.45, 7) is 0.560. The molecule has 2 amide bonds. The van der Waals surface area contributed by atoms with Crippen LogP contribution in [0.2, 0.25) is 0 Å². The highest BCUT2D eigenvalue weighted by molar-refractivity contribution is 9.10. The largest absolute Gasteiger partial charge is 0.482 e. The number of nitrogens with one attached hydrogen (secondary N) is 1. The molecule has 7 heteroatoms. The molecular weight excluding hydrogens is 428 g/mol. The average molecular weight is 447 g/mol. The monoisotopic (exact) mass is 446 g/mol. The second-order valence-corrected chi connectivity index (χ2v) is 9.21. The molecule has 0 atom stereocenters. The van der Waals surface area contributed by atoms with E-state index in [0.717, 1.165) is 17.3 Å². The first kappa shape index (κ1) is 18.4. The van der Waals surface area contributed by atoms with Crippen LogP contribution < -0.4 is 15.0 Å². The molecular formula is C20H19BrN2O3S. The van der Waals surface area contributed by atoms with Gasteiger partial charge in [-0.1, -0.05) is 34.1 Å². The highest BCUT2D eigenvalue weighted by Crippen LogP contribution is 2.51. The SMILES string of the molecule is O=C(CN1C(=O)COc2cc(Br)ccc21)NCC1(Sc2ccccc2)CC1. The van der Waals surface area contributed by atoms with Crippen LogP contribution in [-0.2, 0) is 9.59 Å². The van der Waals surface area contributed by atoms with E-state index in [2.05, 4.69) is 33.4 Å². The molecule has 0 unspecified atom stereocenters. The summed E-state index contributed by atoms with van der Waals surface area (Å²) >= 11 is 5.21. The van der Waals surface area contributed by atoms with Crippen molar-refractivity contribution in [2.75, 3.05) is 24.6 Å². The Balaban J connectivity index is 1.37. The van der Waals surface area contributed by atoms with E-state index in [1.54, 1.807) is 6.07 Å². The Kier molecular flexibility index (Phi) is 5.14. The summed E-state index contributed by atoms with van der Waals surface area (Å²) in [6, 6.07) is 15.7. The summed E-state index contributed by atoms with van der Waals surface area (Å²) in [4.78, 5) is 27.4. The van der Waals surface area contributed by atoms with E-state index in [1.165, 1.54) is 9.80 Å². The molecule has 0 spiro atoms. The first-order chi connectivity index (χ1) is 13.0. The maximum absolute atomic E-state index is 12.5. The van der Waals surface area contributed by atoms with Gasteiger partial charge < -0.3 is 10.1 Å². The predicted molar refractivity (Wildman–Crippen MR) is 109 cm³/mol. The number of hydrogen-bond donors (Lipinski definition) is 1. The molecule has 5 nitrogen and oxygen atoms in total. The highest BCUT2D eigenvalue weighted by Gasteiger charge is 2.44. The van der Waals surface area contributed by atoms with E-state index >= 15 is 0 Å². The molecule has 1 heterocycles. The van der Waals surface area contributed by atoms with Crippen molar-refractivity contribution >= 4 is 45.2 Å². The molecule has 2 aromatic rings. The number of ether oxygens (including phenoxy) is 1. The Morgan fingerprint density at radius 2 is 2.00 bits per heavy atom. The normalized spacial score (nSPS) is 17.1. The Morgan fingerprint density at radius 3 is 2.74 bits per heavy atom. The van der Waals surface area contributed by atoms with Crippen molar-refractivity contribution in [1.82, 2.24) is 5.32 Å². The van der Waals surface area contributed by atoms with Crippen molar-refractivity contribution in [1.29, 1.82) is 0 Å². The number of rotatable bonds is 6. The first-order valence-corrected chi connectivity index (χ1v) is 10.4. The van der Waals surface area contributed by atoms with Crippen LogP contribution in [0.3, 0.4) is 0 Å². The summed E-state index contributed by atoms with van der Waals surface area (Å²) in [7, 11) is 0. The van der Waals surface area contributed by atoms with Crippen molar-refractivity contribution in [2.24, 2.45) is 0 Å². The van der Waals surface area contributed by atoms with Gasteiger partial charge in [-0.3, -0.25) is 14.5 Å². The quantitative estimate of drug-likeness (QED) is 0.735. The smallest absolute Gasteiger partial charge is 0.265 e. The lowest BCUT2D eigenvalue weighted by Gasteiger charge is -2.29. The number of carbonyl (C=O) groups is 2. The van der Waals surface area contributed by atoms with E-state index < -0.39 is 0 Å². The fourth-order valence-corrected chi connectivity index (χ4v) is 4.59. The summed E-state index contributed by atoms with van der Waals surface area (Å²) < 4.78 is 6.41. The van der Waals surface area contributed by atoms with Crippen molar-refractivity contribution in [3.05, 3.63) is 53.0 Å². The fraction of sp³-hybridized carbons (Fsp3) is 0.300. The number of thioether (sulfide) groups is 1. The highest BCUT2D eigenvalue weighted by atomic mass is 79.9. The summed E-state index contributed by atoms with van der Waals surface area (Å²) in [5.74, 6) is 0.244. The third-order valence-corrected chi connectivity index (χ3v) is 6.65. The molecule has 27 heavy (non-hydrogen) atoms. The molecule has 0 radical (unpaired) electrons. The molecule has 1 N–H and O–H groups in total. The topological polar surface area (TPSA) is 58.6 Å². The zero-order valence-electron chi connectivity index (χ0n) is 14.6. The number of halogens is 1. The molecule has 1 saturated carbocycles. The zero-order valence-corrected chi connectivity index (χ0v) is 17.0. The zero-order chi connectivity index (χ0) is 18.9. The van der Waals surface area contributed by atoms with Gasteiger partial charge in [0, 0.05) is 20.7 Å². The molecule has 2 aromatic carbocycles. The van der Waals surface area contributed by atoms with Gasteiger partial charge in [0.05, 0.1) is 5.69 Å². The number of anilines is 1. The molecule has 0 saturated heterocycles. The molecule has 1 fully saturated rings. The minimum Gasteiger partial charge on any atom is -0.482 e. The lowest BCUT2D eigenvalue weighted by atomic mass is 10.2. The van der Waals surface area contributed by atoms with Gasteiger partial charge >= 0.3 is 0 Å². The van der Waals surface area contributed by atoms with E-state index in [9.17, 15) is 9.59 Å². The minimum absolute atomic E-state index is 0.00289. The third-order valence-electron chi connectivity index (χ3n) is 4.66. The van der Waals surface area contributed by atoms with Crippen LogP contribution in [-0.4, -0.2) is 36.3 Å². The van der Waals surface area contributed by atoms with Crippen LogP contribution in [0, 0.1) is 0 Å². The van der Waals surface area contributed by atoms with Crippen LogP contribution in [0.1, 0.15) is 12.8 Å². The Bertz CT molecular complexity index is 871. The van der Waals surface area contributed by atoms with Crippen molar-refractivity contribution < 1.29 is 14.3 Å². The van der Waals surface area contributed by atoms with Gasteiger partial charge in [0.1, 0.15) is 12.3 Å². The molecule has 140 valence electrons. The molecule has 0 aromatic heterocycles. The number of fused-ring (bicyclic) bond motifs is 1. The molecule has 4 rings (SSSR count). The molecule has 2 aliphatic rings. The molecule has 1 aliphatic carbocycles. The van der Waals surface area contributed by atoms with Gasteiger partial charge in [-0.25, -0.2) is 0 Å². The number of hydrogen-bond acceptors (Lipinski definition) is 4. The maximum Gasteiger partial charge on any atom is 0.265 e. The van der Waals surface area contributed by atoms with Crippen molar-refractivity contribution in [3.8, 4) is 5.75 Å².